The summed E-state index contributed by atoms with van der Waals surface area (Å²) < 4.78 is 74.1. The van der Waals surface area contributed by atoms with Crippen LogP contribution in [-0.2, 0) is 18.4 Å². The van der Waals surface area contributed by atoms with E-state index >= 15 is 0 Å². The van der Waals surface area contributed by atoms with Gasteiger partial charge in [-0.1, -0.05) is 6.92 Å². The number of amides is 1. The van der Waals surface area contributed by atoms with E-state index in [-0.39, 0.29) is 48.5 Å². The molecule has 0 saturated heterocycles. The number of alkyl halides is 5. The smallest absolute Gasteiger partial charge is 0.353 e. The van der Waals surface area contributed by atoms with Gasteiger partial charge in [-0.25, -0.2) is 8.78 Å². The topological polar surface area (TPSA) is 62.8 Å². The molecule has 1 heterocycles. The van der Waals surface area contributed by atoms with E-state index in [0.29, 0.717) is 43.8 Å². The Morgan fingerprint density at radius 1 is 1.00 bits per heavy atom. The number of imidazole rings is 1. The molecule has 4 fully saturated rings. The van der Waals surface area contributed by atoms with Crippen LogP contribution in [0.1, 0.15) is 77.6 Å². The van der Waals surface area contributed by atoms with Gasteiger partial charge in [-0.15, -0.1) is 0 Å². The van der Waals surface area contributed by atoms with Gasteiger partial charge in [0.1, 0.15) is 12.3 Å². The standard InChI is InChI=1S/C30H45F5N4O/c1-17-11-20(5-8-26(17)32)27(19-3-4-19)37-28(40)22-13-18(16-39-10-9-38(2)29(39)36)12-21(14-22)24-7-6-23(31)15-25(24)30(33,34)35/h9-10,17-27,36H,3-8,11-16H2,1-2H3,(H,37,40)/t17?,18?,20?,21?,22?,23?,24?,25?,26?,27-/m0/s1. The minimum absolute atomic E-state index is 0.00507. The maximum atomic E-state index is 14.2. The molecule has 9 unspecified atom stereocenters. The van der Waals surface area contributed by atoms with Gasteiger partial charge in [-0.05, 0) is 106 Å². The van der Waals surface area contributed by atoms with Crippen molar-refractivity contribution in [2.24, 2.45) is 54.4 Å². The SMILES string of the molecule is CC1CC([C@@H](NC(=O)C2CC(Cn3ccn(C)c3=N)CC(C3CCC(F)CC3C(F)(F)F)C2)C2CC2)CCC1F. The van der Waals surface area contributed by atoms with E-state index < -0.39 is 42.7 Å². The van der Waals surface area contributed by atoms with Crippen molar-refractivity contribution < 1.29 is 26.7 Å². The Labute approximate surface area is 233 Å². The highest BCUT2D eigenvalue weighted by atomic mass is 19.4. The largest absolute Gasteiger partial charge is 0.392 e. The molecule has 40 heavy (non-hydrogen) atoms. The van der Waals surface area contributed by atoms with Crippen molar-refractivity contribution in [3.8, 4) is 0 Å². The van der Waals surface area contributed by atoms with Gasteiger partial charge in [-0.3, -0.25) is 10.2 Å². The molecule has 2 N–H and O–H groups in total. The summed E-state index contributed by atoms with van der Waals surface area (Å²) in [7, 11) is 1.78. The van der Waals surface area contributed by atoms with Crippen LogP contribution in [-0.4, -0.2) is 39.6 Å². The third-order valence-corrected chi connectivity index (χ3v) is 10.7. The number of aromatic nitrogens is 2. The third kappa shape index (κ3) is 6.61. The summed E-state index contributed by atoms with van der Waals surface area (Å²) in [6.07, 6.45) is 2.30. The fraction of sp³-hybridized carbons (Fsp3) is 0.867. The van der Waals surface area contributed by atoms with Gasteiger partial charge in [0.05, 0.1) is 5.92 Å². The van der Waals surface area contributed by atoms with Crippen LogP contribution >= 0.6 is 0 Å². The zero-order valence-corrected chi connectivity index (χ0v) is 23.7. The molecule has 0 aromatic carbocycles. The average Bonchev–Trinajstić information content (AvgIpc) is 3.70. The van der Waals surface area contributed by atoms with Crippen LogP contribution in [0.15, 0.2) is 12.4 Å². The number of hydrogen-bond acceptors (Lipinski definition) is 2. The lowest BCUT2D eigenvalue weighted by molar-refractivity contribution is -0.209. The molecule has 5 rings (SSSR count). The number of nitrogens with zero attached hydrogens (tertiary/aromatic N) is 2. The minimum atomic E-state index is -4.47. The maximum absolute atomic E-state index is 14.2. The van der Waals surface area contributed by atoms with Crippen molar-refractivity contribution in [1.82, 2.24) is 14.5 Å². The zero-order chi connectivity index (χ0) is 28.8. The Morgan fingerprint density at radius 2 is 1.73 bits per heavy atom. The Bertz CT molecular complexity index is 1080. The summed E-state index contributed by atoms with van der Waals surface area (Å²) in [4.78, 5) is 13.8. The lowest BCUT2D eigenvalue weighted by Gasteiger charge is -2.44. The molecule has 226 valence electrons. The van der Waals surface area contributed by atoms with Crippen LogP contribution in [0.5, 0.6) is 0 Å². The fourth-order valence-corrected chi connectivity index (χ4v) is 8.32. The van der Waals surface area contributed by atoms with Crippen LogP contribution in [0.4, 0.5) is 22.0 Å². The molecule has 0 bridgehead atoms. The van der Waals surface area contributed by atoms with Crippen molar-refractivity contribution >= 4 is 5.91 Å². The third-order valence-electron chi connectivity index (χ3n) is 10.7. The van der Waals surface area contributed by atoms with Crippen molar-refractivity contribution in [1.29, 1.82) is 5.41 Å². The number of aryl methyl sites for hydroxylation is 1. The first-order valence-corrected chi connectivity index (χ1v) is 15.3. The van der Waals surface area contributed by atoms with Gasteiger partial charge < -0.3 is 14.5 Å². The lowest BCUT2D eigenvalue weighted by Crippen LogP contribution is -2.49. The molecular formula is C30H45F5N4O. The molecular weight excluding hydrogens is 527 g/mol. The molecule has 1 amide bonds. The van der Waals surface area contributed by atoms with Crippen LogP contribution < -0.4 is 10.9 Å². The number of carbonyl (C=O) groups excluding carboxylic acids is 1. The highest BCUT2D eigenvalue weighted by molar-refractivity contribution is 5.79. The molecule has 5 nitrogen and oxygen atoms in total. The molecule has 10 heteroatoms. The van der Waals surface area contributed by atoms with Crippen molar-refractivity contribution in [2.45, 2.75) is 109 Å². The monoisotopic (exact) mass is 572 g/mol. The summed E-state index contributed by atoms with van der Waals surface area (Å²) in [5.74, 6) is -2.67. The number of halogens is 5. The predicted molar refractivity (Wildman–Crippen MR) is 141 cm³/mol. The van der Waals surface area contributed by atoms with E-state index in [9.17, 15) is 26.7 Å². The highest BCUT2D eigenvalue weighted by Gasteiger charge is 2.52. The summed E-state index contributed by atoms with van der Waals surface area (Å²) in [5.41, 5.74) is 0.306. The van der Waals surface area contributed by atoms with Gasteiger partial charge in [-0.2, -0.15) is 13.2 Å². The van der Waals surface area contributed by atoms with E-state index in [1.54, 1.807) is 28.6 Å². The van der Waals surface area contributed by atoms with E-state index in [0.717, 1.165) is 25.7 Å². The molecule has 4 saturated carbocycles. The number of hydrogen-bond donors (Lipinski definition) is 2. The van der Waals surface area contributed by atoms with Gasteiger partial charge in [0.15, 0.2) is 0 Å². The second-order valence-corrected chi connectivity index (χ2v) is 13.6. The fourth-order valence-electron chi connectivity index (χ4n) is 8.32. The molecule has 10 atom stereocenters. The van der Waals surface area contributed by atoms with E-state index in [4.69, 9.17) is 5.41 Å². The second kappa shape index (κ2) is 11.8. The van der Waals surface area contributed by atoms with Crippen molar-refractivity contribution in [3.05, 3.63) is 18.0 Å². The van der Waals surface area contributed by atoms with Crippen molar-refractivity contribution in [2.75, 3.05) is 0 Å². The Balaban J connectivity index is 1.35. The summed E-state index contributed by atoms with van der Waals surface area (Å²) in [6.45, 7) is 2.41. The maximum Gasteiger partial charge on any atom is 0.392 e. The van der Waals surface area contributed by atoms with Crippen LogP contribution in [0, 0.1) is 52.8 Å². The van der Waals surface area contributed by atoms with Gasteiger partial charge >= 0.3 is 6.18 Å². The number of nitrogens with one attached hydrogen (secondary N) is 2. The number of carbonyl (C=O) groups is 1. The van der Waals surface area contributed by atoms with Gasteiger partial charge in [0.2, 0.25) is 11.5 Å². The molecule has 4 aliphatic rings. The molecule has 0 radical (unpaired) electrons. The molecule has 1 aromatic rings. The quantitative estimate of drug-likeness (QED) is 0.369. The van der Waals surface area contributed by atoms with E-state index in [1.807, 2.05) is 6.92 Å². The predicted octanol–water partition coefficient (Wildman–Crippen LogP) is 6.32. The van der Waals surface area contributed by atoms with Gasteiger partial charge in [0.25, 0.3) is 0 Å². The number of rotatable bonds is 7. The Hall–Kier alpha value is -1.87. The zero-order valence-electron chi connectivity index (χ0n) is 23.7. The average molecular weight is 573 g/mol. The van der Waals surface area contributed by atoms with E-state index in [1.165, 1.54) is 0 Å². The Morgan fingerprint density at radius 3 is 2.35 bits per heavy atom. The molecule has 0 spiro atoms. The normalized spacial score (nSPS) is 38.1. The van der Waals surface area contributed by atoms with Crippen LogP contribution in [0.2, 0.25) is 0 Å². The van der Waals surface area contributed by atoms with E-state index in [2.05, 4.69) is 5.32 Å². The summed E-state index contributed by atoms with van der Waals surface area (Å²) >= 11 is 0. The lowest BCUT2D eigenvalue weighted by atomic mass is 9.63. The van der Waals surface area contributed by atoms with Crippen molar-refractivity contribution in [3.63, 3.8) is 0 Å². The molecule has 0 aliphatic heterocycles. The Kier molecular flexibility index (Phi) is 8.73. The second-order valence-electron chi connectivity index (χ2n) is 13.6. The van der Waals surface area contributed by atoms with Crippen LogP contribution in [0.3, 0.4) is 0 Å². The molecule has 4 aliphatic carbocycles. The van der Waals surface area contributed by atoms with Gasteiger partial charge in [0, 0.05) is 37.9 Å². The highest BCUT2D eigenvalue weighted by Crippen LogP contribution is 2.51. The molecule has 1 aromatic heterocycles. The first-order chi connectivity index (χ1) is 18.9. The summed E-state index contributed by atoms with van der Waals surface area (Å²) in [6, 6.07) is -0.00507. The summed E-state index contributed by atoms with van der Waals surface area (Å²) in [5, 5.41) is 11.7. The first-order valence-electron chi connectivity index (χ1n) is 15.3. The first kappa shape index (κ1) is 29.6. The minimum Gasteiger partial charge on any atom is -0.353 e. The van der Waals surface area contributed by atoms with Crippen LogP contribution in [0.25, 0.3) is 0 Å².